The molecule has 0 aromatic heterocycles. The molecule has 3 nitrogen and oxygen atoms in total. The number of benzene rings is 2. The van der Waals surface area contributed by atoms with E-state index in [0.29, 0.717) is 17.9 Å². The Bertz CT molecular complexity index is 555. The number of aryl methyl sites for hydroxylation is 1. The number of ether oxygens (including phenoxy) is 1. The summed E-state index contributed by atoms with van der Waals surface area (Å²) in [5.41, 5.74) is 8.00. The highest BCUT2D eigenvalue weighted by Crippen LogP contribution is 2.15. The second-order valence-electron chi connectivity index (χ2n) is 4.06. The van der Waals surface area contributed by atoms with Crippen molar-refractivity contribution >= 4 is 18.4 Å². The smallest absolute Gasteiger partial charge is 0.343 e. The van der Waals surface area contributed by atoms with E-state index in [4.69, 9.17) is 10.5 Å². The molecule has 0 unspecified atom stereocenters. The summed E-state index contributed by atoms with van der Waals surface area (Å²) in [6.45, 7) is 2.34. The number of nitrogens with two attached hydrogens (primary N) is 1. The molecule has 0 spiro atoms. The third kappa shape index (κ3) is 3.81. The molecule has 0 heterocycles. The van der Waals surface area contributed by atoms with Crippen molar-refractivity contribution in [3.8, 4) is 5.75 Å². The lowest BCUT2D eigenvalue weighted by Gasteiger charge is -2.07. The van der Waals surface area contributed by atoms with E-state index in [1.165, 1.54) is 0 Å². The van der Waals surface area contributed by atoms with Crippen LogP contribution in [0.4, 0.5) is 0 Å². The van der Waals surface area contributed by atoms with Gasteiger partial charge in [0.05, 0.1) is 5.56 Å². The van der Waals surface area contributed by atoms with E-state index in [1.807, 2.05) is 37.3 Å². The number of carbonyl (C=O) groups excluding carboxylic acids is 1. The fourth-order valence-corrected chi connectivity index (χ4v) is 1.73. The summed E-state index contributed by atoms with van der Waals surface area (Å²) in [5.74, 6) is 0.201. The van der Waals surface area contributed by atoms with E-state index in [1.54, 1.807) is 18.2 Å². The lowest BCUT2D eigenvalue weighted by molar-refractivity contribution is 0.0734. The molecule has 0 saturated heterocycles. The molecule has 0 bridgehead atoms. The first-order valence-electron chi connectivity index (χ1n) is 5.77. The third-order valence-electron chi connectivity index (χ3n) is 2.70. The van der Waals surface area contributed by atoms with E-state index in [9.17, 15) is 4.79 Å². The summed E-state index contributed by atoms with van der Waals surface area (Å²) in [4.78, 5) is 12.0. The van der Waals surface area contributed by atoms with Crippen molar-refractivity contribution in [3.05, 3.63) is 65.2 Å². The van der Waals surface area contributed by atoms with Crippen LogP contribution in [0.15, 0.2) is 48.5 Å². The Morgan fingerprint density at radius 3 is 2.42 bits per heavy atom. The van der Waals surface area contributed by atoms with Crippen LogP contribution in [0, 0.1) is 6.92 Å². The maximum absolute atomic E-state index is 12.0. The molecular formula is C15H16ClNO2. The molecule has 0 aliphatic heterocycles. The molecule has 2 rings (SSSR count). The minimum atomic E-state index is -0.345. The summed E-state index contributed by atoms with van der Waals surface area (Å²) in [6.07, 6.45) is 0. The minimum Gasteiger partial charge on any atom is -0.423 e. The van der Waals surface area contributed by atoms with E-state index in [0.717, 1.165) is 11.1 Å². The van der Waals surface area contributed by atoms with Crippen LogP contribution in [0.2, 0.25) is 0 Å². The second-order valence-corrected chi connectivity index (χ2v) is 4.06. The van der Waals surface area contributed by atoms with E-state index in [2.05, 4.69) is 0 Å². The van der Waals surface area contributed by atoms with Gasteiger partial charge in [-0.05, 0) is 36.2 Å². The molecule has 0 atom stereocenters. The third-order valence-corrected chi connectivity index (χ3v) is 2.70. The molecule has 100 valence electrons. The number of rotatable bonds is 3. The molecule has 2 aromatic carbocycles. The topological polar surface area (TPSA) is 52.3 Å². The van der Waals surface area contributed by atoms with Crippen molar-refractivity contribution in [2.75, 3.05) is 0 Å². The van der Waals surface area contributed by atoms with Crippen molar-refractivity contribution in [1.82, 2.24) is 0 Å². The Labute approximate surface area is 118 Å². The highest BCUT2D eigenvalue weighted by atomic mass is 35.5. The molecule has 4 heteroatoms. The molecule has 0 fully saturated rings. The Hall–Kier alpha value is -1.84. The summed E-state index contributed by atoms with van der Waals surface area (Å²) < 4.78 is 5.28. The van der Waals surface area contributed by atoms with Crippen LogP contribution in [0.1, 0.15) is 21.5 Å². The van der Waals surface area contributed by atoms with Crippen molar-refractivity contribution in [1.29, 1.82) is 0 Å². The van der Waals surface area contributed by atoms with Gasteiger partial charge in [0.15, 0.2) is 0 Å². The highest BCUT2D eigenvalue weighted by Gasteiger charge is 2.11. The summed E-state index contributed by atoms with van der Waals surface area (Å²) in [7, 11) is 0. The molecule has 2 aromatic rings. The molecule has 0 amide bonds. The van der Waals surface area contributed by atoms with Crippen LogP contribution in [0.5, 0.6) is 5.75 Å². The molecule has 0 aliphatic carbocycles. The Kier molecular flexibility index (Phi) is 5.55. The lowest BCUT2D eigenvalue weighted by atomic mass is 10.1. The lowest BCUT2D eigenvalue weighted by Crippen LogP contribution is -2.10. The summed E-state index contributed by atoms with van der Waals surface area (Å²) in [5, 5.41) is 0. The molecule has 2 N–H and O–H groups in total. The fourth-order valence-electron chi connectivity index (χ4n) is 1.73. The van der Waals surface area contributed by atoms with Gasteiger partial charge in [-0.2, -0.15) is 0 Å². The van der Waals surface area contributed by atoms with Crippen LogP contribution < -0.4 is 10.5 Å². The normalized spacial score (nSPS) is 9.58. The van der Waals surface area contributed by atoms with Gasteiger partial charge in [0.1, 0.15) is 5.75 Å². The van der Waals surface area contributed by atoms with Crippen LogP contribution in [-0.2, 0) is 6.54 Å². The van der Waals surface area contributed by atoms with Gasteiger partial charge in [-0.3, -0.25) is 0 Å². The van der Waals surface area contributed by atoms with E-state index in [-0.39, 0.29) is 18.4 Å². The van der Waals surface area contributed by atoms with Gasteiger partial charge in [-0.15, -0.1) is 12.4 Å². The number of para-hydroxylation sites is 1. The van der Waals surface area contributed by atoms with E-state index < -0.39 is 0 Å². The van der Waals surface area contributed by atoms with Crippen LogP contribution in [0.25, 0.3) is 0 Å². The van der Waals surface area contributed by atoms with Gasteiger partial charge in [-0.25, -0.2) is 4.79 Å². The SMILES string of the molecule is Cc1cc(CN)ccc1C(=O)Oc1ccccc1.Cl. The summed E-state index contributed by atoms with van der Waals surface area (Å²) in [6, 6.07) is 14.5. The number of carbonyl (C=O) groups is 1. The average molecular weight is 278 g/mol. The van der Waals surface area contributed by atoms with E-state index >= 15 is 0 Å². The monoisotopic (exact) mass is 277 g/mol. The Balaban J connectivity index is 0.00000180. The number of halogens is 1. The number of hydrogen-bond acceptors (Lipinski definition) is 3. The predicted molar refractivity (Wildman–Crippen MR) is 77.7 cm³/mol. The molecule has 19 heavy (non-hydrogen) atoms. The van der Waals surface area contributed by atoms with Gasteiger partial charge in [0.2, 0.25) is 0 Å². The first kappa shape index (κ1) is 15.2. The van der Waals surface area contributed by atoms with Crippen LogP contribution in [-0.4, -0.2) is 5.97 Å². The maximum atomic E-state index is 12.0. The molecule has 0 saturated carbocycles. The maximum Gasteiger partial charge on any atom is 0.343 e. The van der Waals surface area contributed by atoms with Crippen LogP contribution in [0.3, 0.4) is 0 Å². The number of hydrogen-bond donors (Lipinski definition) is 1. The fraction of sp³-hybridized carbons (Fsp3) is 0.133. The van der Waals surface area contributed by atoms with Crippen molar-refractivity contribution in [3.63, 3.8) is 0 Å². The highest BCUT2D eigenvalue weighted by molar-refractivity contribution is 5.92. The minimum absolute atomic E-state index is 0. The number of esters is 1. The van der Waals surface area contributed by atoms with Gasteiger partial charge < -0.3 is 10.5 Å². The van der Waals surface area contributed by atoms with Gasteiger partial charge in [0.25, 0.3) is 0 Å². The van der Waals surface area contributed by atoms with Gasteiger partial charge in [-0.1, -0.05) is 30.3 Å². The molecule has 0 radical (unpaired) electrons. The average Bonchev–Trinajstić information content (AvgIpc) is 2.39. The van der Waals surface area contributed by atoms with Crippen molar-refractivity contribution in [2.45, 2.75) is 13.5 Å². The zero-order valence-electron chi connectivity index (χ0n) is 10.6. The van der Waals surface area contributed by atoms with Crippen LogP contribution >= 0.6 is 12.4 Å². The molecular weight excluding hydrogens is 262 g/mol. The quantitative estimate of drug-likeness (QED) is 0.693. The Morgan fingerprint density at radius 1 is 1.16 bits per heavy atom. The van der Waals surface area contributed by atoms with Gasteiger partial charge >= 0.3 is 5.97 Å². The zero-order chi connectivity index (χ0) is 13.0. The molecule has 0 aliphatic rings. The Morgan fingerprint density at radius 2 is 1.84 bits per heavy atom. The largest absolute Gasteiger partial charge is 0.423 e. The van der Waals surface area contributed by atoms with Crippen molar-refractivity contribution in [2.24, 2.45) is 5.73 Å². The van der Waals surface area contributed by atoms with Gasteiger partial charge in [0, 0.05) is 6.54 Å². The zero-order valence-corrected chi connectivity index (χ0v) is 11.4. The first-order valence-corrected chi connectivity index (χ1v) is 5.77. The predicted octanol–water partition coefficient (Wildman–Crippen LogP) is 3.09. The van der Waals surface area contributed by atoms with Crippen molar-refractivity contribution < 1.29 is 9.53 Å². The standard InChI is InChI=1S/C15H15NO2.ClH/c1-11-9-12(10-16)7-8-14(11)15(17)18-13-5-3-2-4-6-13;/h2-9H,10,16H2,1H3;1H. The first-order chi connectivity index (χ1) is 8.70. The summed E-state index contributed by atoms with van der Waals surface area (Å²) >= 11 is 0. The second kappa shape index (κ2) is 6.92.